The summed E-state index contributed by atoms with van der Waals surface area (Å²) >= 11 is 0. The quantitative estimate of drug-likeness (QED) is 0.503. The molecule has 1 amide bonds. The van der Waals surface area contributed by atoms with Crippen molar-refractivity contribution >= 4 is 17.8 Å². The Labute approximate surface area is 166 Å². The summed E-state index contributed by atoms with van der Waals surface area (Å²) in [5, 5.41) is 0. The maximum Gasteiger partial charge on any atom is 0.253 e. The predicted molar refractivity (Wildman–Crippen MR) is 111 cm³/mol. The smallest absolute Gasteiger partial charge is 0.253 e. The standard InChI is InChI=1S/C23H27NO4/c1-6-27-21-15-22(28-7-2)19(14-16(21)3)12-13-20(25)17-8-10-18(11-9-17)23(26)24(4)5/h8-15H,6-7H2,1-5H3. The van der Waals surface area contributed by atoms with Crippen LogP contribution in [0.4, 0.5) is 0 Å². The van der Waals surface area contributed by atoms with Crippen molar-refractivity contribution in [1.82, 2.24) is 4.90 Å². The third kappa shape index (κ3) is 5.22. The molecule has 0 saturated carbocycles. The lowest BCUT2D eigenvalue weighted by Gasteiger charge is -2.13. The summed E-state index contributed by atoms with van der Waals surface area (Å²) < 4.78 is 11.3. The van der Waals surface area contributed by atoms with Crippen LogP contribution in [-0.4, -0.2) is 43.9 Å². The maximum atomic E-state index is 12.5. The van der Waals surface area contributed by atoms with Crippen molar-refractivity contribution < 1.29 is 19.1 Å². The Morgan fingerprint density at radius 1 is 0.929 bits per heavy atom. The molecule has 2 rings (SSSR count). The van der Waals surface area contributed by atoms with Gasteiger partial charge in [-0.15, -0.1) is 0 Å². The Hall–Kier alpha value is -3.08. The molecular weight excluding hydrogens is 354 g/mol. The number of ketones is 1. The van der Waals surface area contributed by atoms with E-state index in [9.17, 15) is 9.59 Å². The number of carbonyl (C=O) groups is 2. The van der Waals surface area contributed by atoms with Crippen LogP contribution in [0.25, 0.3) is 6.08 Å². The Kier molecular flexibility index (Phi) is 7.38. The van der Waals surface area contributed by atoms with Gasteiger partial charge in [0.15, 0.2) is 5.78 Å². The van der Waals surface area contributed by atoms with Gasteiger partial charge in [-0.1, -0.05) is 12.1 Å². The first-order valence-corrected chi connectivity index (χ1v) is 9.31. The molecule has 0 atom stereocenters. The molecule has 148 valence electrons. The highest BCUT2D eigenvalue weighted by Gasteiger charge is 2.11. The number of benzene rings is 2. The van der Waals surface area contributed by atoms with Gasteiger partial charge >= 0.3 is 0 Å². The summed E-state index contributed by atoms with van der Waals surface area (Å²) in [5.74, 6) is 1.21. The lowest BCUT2D eigenvalue weighted by Crippen LogP contribution is -2.21. The average molecular weight is 381 g/mol. The minimum absolute atomic E-state index is 0.0965. The molecule has 5 heteroatoms. The van der Waals surface area contributed by atoms with Crippen LogP contribution < -0.4 is 9.47 Å². The van der Waals surface area contributed by atoms with E-state index in [-0.39, 0.29) is 11.7 Å². The summed E-state index contributed by atoms with van der Waals surface area (Å²) in [6.07, 6.45) is 3.26. The first kappa shape index (κ1) is 21.2. The predicted octanol–water partition coefficient (Wildman–Crippen LogP) is 4.39. The average Bonchev–Trinajstić information content (AvgIpc) is 2.68. The molecule has 0 radical (unpaired) electrons. The first-order valence-electron chi connectivity index (χ1n) is 9.31. The van der Waals surface area contributed by atoms with E-state index in [1.807, 2.05) is 32.9 Å². The van der Waals surface area contributed by atoms with E-state index < -0.39 is 0 Å². The molecule has 5 nitrogen and oxygen atoms in total. The van der Waals surface area contributed by atoms with Crippen LogP contribution in [0.2, 0.25) is 0 Å². The number of hydrogen-bond donors (Lipinski definition) is 0. The summed E-state index contributed by atoms with van der Waals surface area (Å²) in [6, 6.07) is 10.4. The molecular formula is C23H27NO4. The number of ether oxygens (including phenoxy) is 2. The normalized spacial score (nSPS) is 10.8. The Morgan fingerprint density at radius 2 is 1.50 bits per heavy atom. The Bertz CT molecular complexity index is 867. The molecule has 0 aliphatic carbocycles. The molecule has 28 heavy (non-hydrogen) atoms. The van der Waals surface area contributed by atoms with Crippen molar-refractivity contribution in [3.8, 4) is 11.5 Å². The van der Waals surface area contributed by atoms with Gasteiger partial charge in [-0.2, -0.15) is 0 Å². The van der Waals surface area contributed by atoms with E-state index in [4.69, 9.17) is 9.47 Å². The molecule has 0 fully saturated rings. The van der Waals surface area contributed by atoms with Gasteiger partial charge in [0.05, 0.1) is 13.2 Å². The minimum Gasteiger partial charge on any atom is -0.493 e. The molecule has 0 aliphatic heterocycles. The van der Waals surface area contributed by atoms with Crippen molar-refractivity contribution in [3.63, 3.8) is 0 Å². The van der Waals surface area contributed by atoms with Crippen LogP contribution in [-0.2, 0) is 0 Å². The molecule has 0 aromatic heterocycles. The number of nitrogens with zero attached hydrogens (tertiary/aromatic N) is 1. The van der Waals surface area contributed by atoms with Gasteiger partial charge in [0.2, 0.25) is 0 Å². The van der Waals surface area contributed by atoms with E-state index in [0.29, 0.717) is 30.1 Å². The molecule has 0 spiro atoms. The molecule has 0 saturated heterocycles. The summed E-state index contributed by atoms with van der Waals surface area (Å²) in [5.41, 5.74) is 2.86. The number of rotatable bonds is 8. The molecule has 0 bridgehead atoms. The Morgan fingerprint density at radius 3 is 2.07 bits per heavy atom. The molecule has 2 aromatic carbocycles. The summed E-state index contributed by atoms with van der Waals surface area (Å²) in [6.45, 7) is 6.90. The highest BCUT2D eigenvalue weighted by Crippen LogP contribution is 2.30. The highest BCUT2D eigenvalue weighted by molar-refractivity contribution is 6.07. The third-order valence-corrected chi connectivity index (χ3v) is 4.14. The van der Waals surface area contributed by atoms with Crippen LogP contribution >= 0.6 is 0 Å². The number of hydrogen-bond acceptors (Lipinski definition) is 4. The van der Waals surface area contributed by atoms with Crippen LogP contribution in [0, 0.1) is 6.92 Å². The largest absolute Gasteiger partial charge is 0.493 e. The SMILES string of the molecule is CCOc1cc(OCC)c(C=CC(=O)c2ccc(C(=O)N(C)C)cc2)cc1C. The Balaban J connectivity index is 2.23. The zero-order valence-corrected chi connectivity index (χ0v) is 17.1. The number of allylic oxidation sites excluding steroid dienone is 1. The van der Waals surface area contributed by atoms with Gasteiger partial charge in [0.25, 0.3) is 5.91 Å². The van der Waals surface area contributed by atoms with Gasteiger partial charge < -0.3 is 14.4 Å². The van der Waals surface area contributed by atoms with Gasteiger partial charge in [0, 0.05) is 36.9 Å². The van der Waals surface area contributed by atoms with Crippen LogP contribution in [0.1, 0.15) is 45.7 Å². The van der Waals surface area contributed by atoms with Crippen LogP contribution in [0.15, 0.2) is 42.5 Å². The summed E-state index contributed by atoms with van der Waals surface area (Å²) in [7, 11) is 3.39. The van der Waals surface area contributed by atoms with Crippen molar-refractivity contribution in [2.24, 2.45) is 0 Å². The number of amides is 1. The van der Waals surface area contributed by atoms with E-state index in [2.05, 4.69) is 0 Å². The second-order valence-corrected chi connectivity index (χ2v) is 6.50. The van der Waals surface area contributed by atoms with E-state index in [1.54, 1.807) is 44.4 Å². The molecule has 2 aromatic rings. The van der Waals surface area contributed by atoms with Crippen molar-refractivity contribution in [2.75, 3.05) is 27.3 Å². The van der Waals surface area contributed by atoms with Crippen molar-refractivity contribution in [2.45, 2.75) is 20.8 Å². The molecule has 0 unspecified atom stereocenters. The fraction of sp³-hybridized carbons (Fsp3) is 0.304. The van der Waals surface area contributed by atoms with E-state index in [0.717, 1.165) is 16.9 Å². The topological polar surface area (TPSA) is 55.8 Å². The van der Waals surface area contributed by atoms with Crippen LogP contribution in [0.3, 0.4) is 0 Å². The van der Waals surface area contributed by atoms with Crippen molar-refractivity contribution in [3.05, 3.63) is 64.7 Å². The van der Waals surface area contributed by atoms with Gasteiger partial charge in [0.1, 0.15) is 11.5 Å². The lowest BCUT2D eigenvalue weighted by molar-refractivity contribution is 0.0827. The maximum absolute atomic E-state index is 12.5. The fourth-order valence-corrected chi connectivity index (χ4v) is 2.71. The lowest BCUT2D eigenvalue weighted by atomic mass is 10.0. The van der Waals surface area contributed by atoms with Gasteiger partial charge in [-0.25, -0.2) is 0 Å². The molecule has 0 aliphatic rings. The first-order chi connectivity index (χ1) is 13.4. The highest BCUT2D eigenvalue weighted by atomic mass is 16.5. The molecule has 0 heterocycles. The van der Waals surface area contributed by atoms with E-state index >= 15 is 0 Å². The molecule has 0 N–H and O–H groups in total. The minimum atomic E-state index is -0.141. The van der Waals surface area contributed by atoms with Crippen molar-refractivity contribution in [1.29, 1.82) is 0 Å². The summed E-state index contributed by atoms with van der Waals surface area (Å²) in [4.78, 5) is 26.0. The third-order valence-electron chi connectivity index (χ3n) is 4.14. The monoisotopic (exact) mass is 381 g/mol. The number of carbonyl (C=O) groups excluding carboxylic acids is 2. The fourth-order valence-electron chi connectivity index (χ4n) is 2.71. The second-order valence-electron chi connectivity index (χ2n) is 6.50. The van der Waals surface area contributed by atoms with E-state index in [1.165, 1.54) is 11.0 Å². The van der Waals surface area contributed by atoms with Gasteiger partial charge in [-0.05, 0) is 56.7 Å². The second kappa shape index (κ2) is 9.74. The van der Waals surface area contributed by atoms with Crippen LogP contribution in [0.5, 0.6) is 11.5 Å². The zero-order valence-electron chi connectivity index (χ0n) is 17.1. The number of aryl methyl sites for hydroxylation is 1. The van der Waals surface area contributed by atoms with Gasteiger partial charge in [-0.3, -0.25) is 9.59 Å². The zero-order chi connectivity index (χ0) is 20.7.